The van der Waals surface area contributed by atoms with E-state index in [9.17, 15) is 23.1 Å². The molecule has 5 aromatic carbocycles. The number of amides is 2. The number of carbonyl (C=O) groups excluding carboxylic acids is 1. The maximum atomic E-state index is 16.3. The normalized spacial score (nSPS) is 13.4. The monoisotopic (exact) mass is 1050 g/mol. The number of sulfonamides is 2. The molecule has 2 amide bonds. The van der Waals surface area contributed by atoms with Crippen molar-refractivity contribution in [1.82, 2.24) is 34.0 Å². The molecule has 21 nitrogen and oxygen atoms in total. The highest BCUT2D eigenvalue weighted by molar-refractivity contribution is 7.94. The van der Waals surface area contributed by atoms with Crippen molar-refractivity contribution >= 4 is 41.9 Å². The smallest absolute Gasteiger partial charge is 0.407 e. The number of likely N-dealkylation sites (tertiary alicyclic amines) is 1. The zero-order valence-electron chi connectivity index (χ0n) is 39.8. The molecule has 0 spiro atoms. The average molecular weight is 1050 g/mol. The van der Waals surface area contributed by atoms with Crippen molar-refractivity contribution < 1.29 is 54.2 Å². The molecule has 1 saturated heterocycles. The number of sulfone groups is 1. The summed E-state index contributed by atoms with van der Waals surface area (Å²) in [6.45, 7) is -0.471. The molecule has 73 heavy (non-hydrogen) atoms. The molecule has 8 rings (SSSR count). The molecule has 1 fully saturated rings. The lowest BCUT2D eigenvalue weighted by Crippen LogP contribution is -2.56. The fourth-order valence-electron chi connectivity index (χ4n) is 8.02. The van der Waals surface area contributed by atoms with Crippen molar-refractivity contribution in [2.75, 3.05) is 34.4 Å². The van der Waals surface area contributed by atoms with Gasteiger partial charge in [-0.25, -0.2) is 21.6 Å². The second kappa shape index (κ2) is 21.0. The third-order valence-electron chi connectivity index (χ3n) is 12.0. The lowest BCUT2D eigenvalue weighted by molar-refractivity contribution is -0.118. The van der Waals surface area contributed by atoms with Crippen LogP contribution >= 0.6 is 0 Å². The van der Waals surface area contributed by atoms with E-state index >= 15 is 16.8 Å². The number of nitrogens with zero attached hydrogens (tertiary/aromatic N) is 8. The van der Waals surface area contributed by atoms with Crippen molar-refractivity contribution in [2.24, 2.45) is 10.1 Å². The molecule has 0 unspecified atom stereocenters. The number of nitrogens with two attached hydrogens (primary N) is 1. The highest BCUT2D eigenvalue weighted by Gasteiger charge is 2.45. The van der Waals surface area contributed by atoms with E-state index in [0.29, 0.717) is 33.9 Å². The Hall–Kier alpha value is -7.93. The van der Waals surface area contributed by atoms with Gasteiger partial charge in [-0.1, -0.05) is 60.2 Å². The summed E-state index contributed by atoms with van der Waals surface area (Å²) in [6, 6.07) is 31.1. The van der Waals surface area contributed by atoms with Crippen molar-refractivity contribution in [3.05, 3.63) is 155 Å². The minimum atomic E-state index is -5.18. The molecular weight excluding hydrogens is 1000 g/mol. The van der Waals surface area contributed by atoms with Crippen LogP contribution in [0.5, 0.6) is 17.2 Å². The molecule has 1 aliphatic heterocycles. The Morgan fingerprint density at radius 3 is 1.81 bits per heavy atom. The van der Waals surface area contributed by atoms with Gasteiger partial charge in [-0.2, -0.15) is 17.5 Å². The van der Waals surface area contributed by atoms with Crippen molar-refractivity contribution in [3.8, 4) is 39.8 Å². The van der Waals surface area contributed by atoms with Gasteiger partial charge in [0.1, 0.15) is 33.9 Å². The first-order valence-corrected chi connectivity index (χ1v) is 26.7. The summed E-state index contributed by atoms with van der Waals surface area (Å²) < 4.78 is 114. The molecule has 0 radical (unpaired) electrons. The lowest BCUT2D eigenvalue weighted by atomic mass is 10.00. The number of methoxy groups -OCH3 is 3. The lowest BCUT2D eigenvalue weighted by Gasteiger charge is -2.37. The highest BCUT2D eigenvalue weighted by Crippen LogP contribution is 2.42. The number of aromatic nitrogens is 5. The Morgan fingerprint density at radius 1 is 0.740 bits per heavy atom. The first-order chi connectivity index (χ1) is 34.8. The summed E-state index contributed by atoms with van der Waals surface area (Å²) in [5.41, 5.74) is 6.98. The quantitative estimate of drug-likeness (QED) is 0.113. The van der Waals surface area contributed by atoms with E-state index in [2.05, 4.69) is 19.8 Å². The van der Waals surface area contributed by atoms with E-state index in [0.717, 1.165) is 30.2 Å². The minimum Gasteiger partial charge on any atom is -0.497 e. The predicted molar refractivity (Wildman–Crippen MR) is 265 cm³/mol. The average Bonchev–Trinajstić information content (AvgIpc) is 3.81. The number of carboxylic acid groups (broad SMARTS) is 1. The van der Waals surface area contributed by atoms with E-state index in [1.165, 1.54) is 57.9 Å². The summed E-state index contributed by atoms with van der Waals surface area (Å²) in [4.78, 5) is 24.9. The number of rotatable bonds is 19. The Balaban J connectivity index is 1.46. The zero-order valence-corrected chi connectivity index (χ0v) is 42.2. The fraction of sp³-hybridized carbons (Fsp3) is 0.224. The van der Waals surface area contributed by atoms with Crippen molar-refractivity contribution in [3.63, 3.8) is 0 Å². The minimum absolute atomic E-state index is 0.0140. The Morgan fingerprint density at radius 2 is 1.29 bits per heavy atom. The fourth-order valence-corrected chi connectivity index (χ4v) is 13.1. The SMILES string of the molecule is COc1ccc(CN(Cc2ccc(OC)cc2)S(=O)(=O)c2c(S(=O)(=O)C3CN(C(=O)O)C3)ccc(-c3cccn(CC(N)=O)/c3=N\S(=O)(=O)c3ccc(C)cc3)c2-c2nnn(Cc3ccc(OC)cc3)n2)cc1. The number of hydrogen-bond donors (Lipinski definition) is 2. The van der Waals surface area contributed by atoms with Gasteiger partial charge >= 0.3 is 6.09 Å². The molecule has 2 aromatic heterocycles. The maximum Gasteiger partial charge on any atom is 0.407 e. The first kappa shape index (κ1) is 51.4. The Bertz CT molecular complexity index is 3550. The molecule has 24 heteroatoms. The van der Waals surface area contributed by atoms with Gasteiger partial charge in [-0.3, -0.25) is 4.79 Å². The molecule has 0 saturated carbocycles. The molecule has 0 aliphatic carbocycles. The van der Waals surface area contributed by atoms with Gasteiger partial charge in [0.15, 0.2) is 15.3 Å². The standard InChI is InChI=1S/C49H49N9O12S3/c1-32-7-21-39(22-8-32)72(64,65)53-48-42(6-5-25-55(48)31-44(50)59)41-23-24-43(71(62,63)40-29-56(30-40)49(60)61)46(45(41)47-51-54-58(52-47)28-35-13-19-38(70-4)20-14-35)73(66,67)57(26-33-9-15-36(68-2)16-10-33)27-34-11-17-37(69-3)18-12-34/h5-25,40H,26-31H2,1-4H3,(H2,50,59)(H,60,61)/b53-48-. The van der Waals surface area contributed by atoms with Crippen LogP contribution < -0.4 is 25.4 Å². The summed E-state index contributed by atoms with van der Waals surface area (Å²) in [5.74, 6) is 0.244. The highest BCUT2D eigenvalue weighted by atomic mass is 32.2. The van der Waals surface area contributed by atoms with Gasteiger partial charge in [0, 0.05) is 37.9 Å². The number of aryl methyl sites for hydroxylation is 1. The summed E-state index contributed by atoms with van der Waals surface area (Å²) >= 11 is 0. The maximum absolute atomic E-state index is 16.3. The van der Waals surface area contributed by atoms with E-state index in [1.807, 2.05) is 0 Å². The second-order valence-electron chi connectivity index (χ2n) is 16.8. The predicted octanol–water partition coefficient (Wildman–Crippen LogP) is 4.49. The van der Waals surface area contributed by atoms with E-state index in [-0.39, 0.29) is 35.7 Å². The Labute approximate surface area is 420 Å². The molecule has 1 aliphatic rings. The number of primary amides is 1. The van der Waals surface area contributed by atoms with Crippen LogP contribution in [-0.2, 0) is 60.9 Å². The van der Waals surface area contributed by atoms with Gasteiger partial charge < -0.3 is 34.5 Å². The molecular formula is C49H49N9O12S3. The molecule has 3 heterocycles. The number of pyridine rings is 1. The van der Waals surface area contributed by atoms with Gasteiger partial charge in [-0.15, -0.1) is 14.6 Å². The van der Waals surface area contributed by atoms with Gasteiger partial charge in [-0.05, 0) is 101 Å². The molecule has 380 valence electrons. The van der Waals surface area contributed by atoms with Gasteiger partial charge in [0.05, 0.1) is 43.2 Å². The number of benzene rings is 5. The largest absolute Gasteiger partial charge is 0.497 e. The molecule has 7 aromatic rings. The molecule has 3 N–H and O–H groups in total. The van der Waals surface area contributed by atoms with Crippen molar-refractivity contribution in [1.29, 1.82) is 0 Å². The van der Waals surface area contributed by atoms with Crippen LogP contribution in [0, 0.1) is 6.92 Å². The van der Waals surface area contributed by atoms with E-state index in [1.54, 1.807) is 91.9 Å². The van der Waals surface area contributed by atoms with Crippen LogP contribution in [0.3, 0.4) is 0 Å². The van der Waals surface area contributed by atoms with E-state index < -0.39 is 93.4 Å². The van der Waals surface area contributed by atoms with Crippen LogP contribution in [0.25, 0.3) is 22.5 Å². The van der Waals surface area contributed by atoms with Crippen LogP contribution in [0.4, 0.5) is 4.79 Å². The summed E-state index contributed by atoms with van der Waals surface area (Å²) in [5, 5.41) is 21.6. The van der Waals surface area contributed by atoms with Gasteiger partial charge in [0.2, 0.25) is 21.8 Å². The number of carbonyl (C=O) groups is 2. The third kappa shape index (κ3) is 11.1. The molecule has 0 bridgehead atoms. The topological polar surface area (TPSA) is 278 Å². The van der Waals surface area contributed by atoms with Crippen LogP contribution in [0.2, 0.25) is 0 Å². The first-order valence-electron chi connectivity index (χ1n) is 22.2. The number of tetrazole rings is 1. The van der Waals surface area contributed by atoms with Crippen LogP contribution in [0.15, 0.2) is 147 Å². The van der Waals surface area contributed by atoms with Crippen LogP contribution in [0.1, 0.15) is 22.3 Å². The van der Waals surface area contributed by atoms with Crippen molar-refractivity contribution in [2.45, 2.75) is 53.0 Å². The van der Waals surface area contributed by atoms with Gasteiger partial charge in [0.25, 0.3) is 10.0 Å². The van der Waals surface area contributed by atoms with E-state index in [4.69, 9.17) is 19.9 Å². The molecule has 0 atom stereocenters. The second-order valence-corrected chi connectivity index (χ2v) is 22.5. The summed E-state index contributed by atoms with van der Waals surface area (Å²) in [7, 11) is -10.1. The van der Waals surface area contributed by atoms with Crippen LogP contribution in [-0.4, -0.2) is 116 Å². The summed E-state index contributed by atoms with van der Waals surface area (Å²) in [6.07, 6.45) is -0.0172. The number of ether oxygens (including phenoxy) is 3. The third-order valence-corrected chi connectivity index (χ3v) is 17.4. The number of hydrogen-bond acceptors (Lipinski definition) is 14. The zero-order chi connectivity index (χ0) is 52.2. The Kier molecular flexibility index (Phi) is 14.8.